The maximum atomic E-state index is 6.96. The van der Waals surface area contributed by atoms with E-state index in [1.165, 1.54) is 40.8 Å². The van der Waals surface area contributed by atoms with Crippen molar-refractivity contribution in [1.82, 2.24) is 0 Å². The van der Waals surface area contributed by atoms with Crippen LogP contribution >= 0.6 is 53.3 Å². The van der Waals surface area contributed by atoms with E-state index in [-0.39, 0.29) is 0 Å². The molecule has 0 radical (unpaired) electrons. The van der Waals surface area contributed by atoms with Gasteiger partial charge in [-0.15, -0.1) is 0 Å². The number of rotatable bonds is 2. The normalized spacial score (nSPS) is 17.4. The van der Waals surface area contributed by atoms with Crippen LogP contribution in [0.2, 0.25) is 0 Å². The maximum absolute atomic E-state index is 6.96. The zero-order valence-corrected chi connectivity index (χ0v) is 24.4. The van der Waals surface area contributed by atoms with Gasteiger partial charge in [0.15, 0.2) is 11.2 Å². The second-order valence-electron chi connectivity index (χ2n) is 9.46. The predicted molar refractivity (Wildman–Crippen MR) is 162 cm³/mol. The molecule has 1 aliphatic rings. The molecule has 0 aliphatic carbocycles. The summed E-state index contributed by atoms with van der Waals surface area (Å²) in [5.74, 6) is 0.559. The van der Waals surface area contributed by atoms with E-state index in [1.54, 1.807) is 0 Å². The Balaban J connectivity index is 1.85. The molecule has 1 aromatic heterocycles. The lowest BCUT2D eigenvalue weighted by Crippen LogP contribution is -2.40. The first-order chi connectivity index (χ1) is 16.5. The van der Waals surface area contributed by atoms with Gasteiger partial charge in [0.1, 0.15) is 0 Å². The standard InChI is InChI=1S/C28H26I2NO2P/c1-17(2)24-13-7-8-14-31(24)34-32-27-22(29)15-18-9-3-5-11-20(18)25(27)26-21-12-6-4-10-19(21)16-23(30)28(26)33-34/h3-6,9-12,15-17,24H,7-8,13-14H2,1-2H3. The van der Waals surface area contributed by atoms with Crippen LogP contribution in [0.4, 0.5) is 0 Å². The van der Waals surface area contributed by atoms with E-state index < -0.39 is 8.16 Å². The predicted octanol–water partition coefficient (Wildman–Crippen LogP) is 9.95. The lowest BCUT2D eigenvalue weighted by Gasteiger charge is -2.35. The lowest BCUT2D eigenvalue weighted by atomic mass is 9.95. The molecule has 1 saturated heterocycles. The van der Waals surface area contributed by atoms with Gasteiger partial charge in [0.05, 0.1) is 7.14 Å². The second kappa shape index (κ2) is 9.30. The van der Waals surface area contributed by atoms with Gasteiger partial charge in [0.2, 0.25) is 0 Å². The van der Waals surface area contributed by atoms with E-state index in [1.807, 2.05) is 0 Å². The average Bonchev–Trinajstić information content (AvgIpc) is 3.03. The van der Waals surface area contributed by atoms with Crippen molar-refractivity contribution in [3.05, 3.63) is 67.8 Å². The maximum Gasteiger partial charge on any atom is 0.310 e. The minimum absolute atomic E-state index is 0.473. The number of piperidine rings is 1. The molecule has 0 amide bonds. The molecule has 174 valence electrons. The molecule has 34 heavy (non-hydrogen) atoms. The van der Waals surface area contributed by atoms with Crippen LogP contribution in [-0.2, 0) is 0 Å². The molecule has 2 heterocycles. The minimum atomic E-state index is -1.28. The van der Waals surface area contributed by atoms with Gasteiger partial charge in [0.25, 0.3) is 0 Å². The minimum Gasteiger partial charge on any atom is -0.407 e. The van der Waals surface area contributed by atoms with Gasteiger partial charge < -0.3 is 8.39 Å². The quantitative estimate of drug-likeness (QED) is 0.173. The zero-order chi connectivity index (χ0) is 23.4. The van der Waals surface area contributed by atoms with Crippen LogP contribution in [-0.4, -0.2) is 12.6 Å². The molecular formula is C28H26I2NO2P. The van der Waals surface area contributed by atoms with Crippen molar-refractivity contribution >= 4 is 96.8 Å². The molecule has 0 spiro atoms. The van der Waals surface area contributed by atoms with Crippen LogP contribution in [0.5, 0.6) is 0 Å². The Morgan fingerprint density at radius 1 is 0.824 bits per heavy atom. The first kappa shape index (κ1) is 23.1. The smallest absolute Gasteiger partial charge is 0.310 e. The molecule has 5 aromatic rings. The Hall–Kier alpha value is -1.28. The van der Waals surface area contributed by atoms with Gasteiger partial charge in [-0.3, -0.25) is 0 Å². The van der Waals surface area contributed by atoms with E-state index >= 15 is 0 Å². The topological polar surface area (TPSA) is 29.5 Å². The lowest BCUT2D eigenvalue weighted by molar-refractivity contribution is 0.382. The summed E-state index contributed by atoms with van der Waals surface area (Å²) in [4.78, 5) is 0. The summed E-state index contributed by atoms with van der Waals surface area (Å²) in [6.45, 7) is 5.67. The van der Waals surface area contributed by atoms with Gasteiger partial charge >= 0.3 is 8.16 Å². The van der Waals surface area contributed by atoms with Crippen molar-refractivity contribution in [3.8, 4) is 0 Å². The Bertz CT molecular complexity index is 1490. The summed E-state index contributed by atoms with van der Waals surface area (Å²) in [5.41, 5.74) is 1.92. The molecule has 6 rings (SSSR count). The number of nitrogens with zero attached hydrogens (tertiary/aromatic N) is 1. The van der Waals surface area contributed by atoms with Gasteiger partial charge in [-0.25, -0.2) is 0 Å². The molecule has 1 atom stereocenters. The monoisotopic (exact) mass is 693 g/mol. The fraction of sp³-hybridized carbons (Fsp3) is 0.286. The number of benzene rings is 4. The summed E-state index contributed by atoms with van der Waals surface area (Å²) < 4.78 is 18.7. The third-order valence-corrected chi connectivity index (χ3v) is 10.2. The summed E-state index contributed by atoms with van der Waals surface area (Å²) in [5, 5.41) is 7.21. The number of hydrogen-bond donors (Lipinski definition) is 0. The fourth-order valence-corrected chi connectivity index (χ4v) is 9.01. The van der Waals surface area contributed by atoms with E-state index in [2.05, 4.69) is 124 Å². The molecule has 6 heteroatoms. The summed E-state index contributed by atoms with van der Waals surface area (Å²) in [6, 6.07) is 22.3. The third kappa shape index (κ3) is 3.87. The van der Waals surface area contributed by atoms with Gasteiger partial charge in [-0.05, 0) is 97.6 Å². The second-order valence-corrected chi connectivity index (χ2v) is 13.1. The van der Waals surface area contributed by atoms with Crippen molar-refractivity contribution in [3.63, 3.8) is 0 Å². The first-order valence-corrected chi connectivity index (χ1v) is 15.2. The van der Waals surface area contributed by atoms with E-state index in [0.29, 0.717) is 12.0 Å². The zero-order valence-electron chi connectivity index (χ0n) is 19.2. The molecule has 1 fully saturated rings. The molecule has 0 bridgehead atoms. The van der Waals surface area contributed by atoms with Crippen LogP contribution in [0.1, 0.15) is 33.1 Å². The van der Waals surface area contributed by atoms with Gasteiger partial charge in [0, 0.05) is 23.4 Å². The first-order valence-electron chi connectivity index (χ1n) is 11.9. The molecule has 0 N–H and O–H groups in total. The van der Waals surface area contributed by atoms with E-state index in [9.17, 15) is 0 Å². The Morgan fingerprint density at radius 2 is 1.35 bits per heavy atom. The van der Waals surface area contributed by atoms with Crippen molar-refractivity contribution in [2.45, 2.75) is 39.2 Å². The molecule has 4 aromatic carbocycles. The van der Waals surface area contributed by atoms with Crippen molar-refractivity contribution in [2.75, 3.05) is 11.2 Å². The van der Waals surface area contributed by atoms with Crippen LogP contribution in [0, 0.1) is 13.1 Å². The summed E-state index contributed by atoms with van der Waals surface area (Å²) in [6.07, 6.45) is 3.67. The highest BCUT2D eigenvalue weighted by atomic mass is 127. The Labute approximate surface area is 227 Å². The van der Waals surface area contributed by atoms with E-state index in [4.69, 9.17) is 8.39 Å². The SMILES string of the molecule is CC(C)C1CCCCN1p1oc2c(I)cc3ccccc3c2c2c(o1)c(I)cc1ccccc12. The van der Waals surface area contributed by atoms with Crippen LogP contribution in [0.15, 0.2) is 69.1 Å². The average molecular weight is 693 g/mol. The van der Waals surface area contributed by atoms with Gasteiger partial charge in [-0.2, -0.15) is 4.67 Å². The molecular weight excluding hydrogens is 667 g/mol. The summed E-state index contributed by atoms with van der Waals surface area (Å²) >= 11 is 4.90. The number of hydrogen-bond acceptors (Lipinski definition) is 3. The van der Waals surface area contributed by atoms with Crippen LogP contribution in [0.25, 0.3) is 43.5 Å². The molecule has 1 unspecified atom stereocenters. The van der Waals surface area contributed by atoms with Crippen molar-refractivity contribution in [2.24, 2.45) is 5.92 Å². The van der Waals surface area contributed by atoms with Crippen LogP contribution < -0.4 is 4.67 Å². The molecule has 3 nitrogen and oxygen atoms in total. The highest BCUT2D eigenvalue weighted by Crippen LogP contribution is 2.46. The van der Waals surface area contributed by atoms with Crippen molar-refractivity contribution < 1.29 is 8.39 Å². The highest BCUT2D eigenvalue weighted by molar-refractivity contribution is 14.1. The van der Waals surface area contributed by atoms with Crippen LogP contribution in [0.3, 0.4) is 0 Å². The summed E-state index contributed by atoms with van der Waals surface area (Å²) in [7, 11) is -1.28. The Morgan fingerprint density at radius 3 is 1.88 bits per heavy atom. The number of halogens is 2. The van der Waals surface area contributed by atoms with Crippen molar-refractivity contribution in [1.29, 1.82) is 0 Å². The Kier molecular flexibility index (Phi) is 6.33. The highest BCUT2D eigenvalue weighted by Gasteiger charge is 2.30. The largest absolute Gasteiger partial charge is 0.407 e. The third-order valence-electron chi connectivity index (χ3n) is 7.00. The fourth-order valence-electron chi connectivity index (χ4n) is 5.37. The number of fused-ring (bicyclic) bond motifs is 7. The van der Waals surface area contributed by atoms with E-state index in [0.717, 1.165) is 35.6 Å². The molecule has 0 saturated carbocycles. The molecule has 1 aliphatic heterocycles. The van der Waals surface area contributed by atoms with Gasteiger partial charge in [-0.1, -0.05) is 68.8 Å².